The van der Waals surface area contributed by atoms with E-state index in [9.17, 15) is 0 Å². The van der Waals surface area contributed by atoms with Crippen LogP contribution in [0.3, 0.4) is 0 Å². The summed E-state index contributed by atoms with van der Waals surface area (Å²) in [6, 6.07) is 8.01. The second kappa shape index (κ2) is 9.70. The predicted molar refractivity (Wildman–Crippen MR) is 99.0 cm³/mol. The van der Waals surface area contributed by atoms with Gasteiger partial charge >= 0.3 is 0 Å². The smallest absolute Gasteiger partial charge is 0.166 e. The molecular formula is C17H28N4OS. The van der Waals surface area contributed by atoms with Crippen molar-refractivity contribution in [3.8, 4) is 5.75 Å². The summed E-state index contributed by atoms with van der Waals surface area (Å²) in [5.74, 6) is 0.873. The van der Waals surface area contributed by atoms with Gasteiger partial charge in [0.15, 0.2) is 5.11 Å². The molecule has 0 saturated carbocycles. The summed E-state index contributed by atoms with van der Waals surface area (Å²) in [4.78, 5) is 4.91. The molecule has 2 N–H and O–H groups in total. The first-order valence-corrected chi connectivity index (χ1v) is 8.64. The molecule has 2 rings (SSSR count). The summed E-state index contributed by atoms with van der Waals surface area (Å²) in [5.41, 5.74) is 1.19. The molecule has 0 aromatic heterocycles. The van der Waals surface area contributed by atoms with Crippen LogP contribution in [0.15, 0.2) is 24.3 Å². The van der Waals surface area contributed by atoms with Crippen LogP contribution in [0.25, 0.3) is 0 Å². The lowest BCUT2D eigenvalue weighted by Gasteiger charge is -2.32. The number of thiocarbonyl (C=S) groups is 1. The van der Waals surface area contributed by atoms with Crippen molar-refractivity contribution in [2.24, 2.45) is 0 Å². The number of rotatable bonds is 7. The number of benzene rings is 1. The molecule has 6 heteroatoms. The van der Waals surface area contributed by atoms with E-state index in [0.717, 1.165) is 36.9 Å². The fourth-order valence-electron chi connectivity index (χ4n) is 2.56. The molecule has 0 atom stereocenters. The molecule has 1 aliphatic rings. The minimum Gasteiger partial charge on any atom is -0.497 e. The highest BCUT2D eigenvalue weighted by molar-refractivity contribution is 7.80. The van der Waals surface area contributed by atoms with Crippen molar-refractivity contribution in [3.05, 3.63) is 29.8 Å². The van der Waals surface area contributed by atoms with Gasteiger partial charge in [0, 0.05) is 39.3 Å². The highest BCUT2D eigenvalue weighted by Gasteiger charge is 2.12. The third-order valence-corrected chi connectivity index (χ3v) is 4.43. The molecule has 1 fully saturated rings. The molecule has 1 saturated heterocycles. The lowest BCUT2D eigenvalue weighted by Crippen LogP contribution is -2.45. The van der Waals surface area contributed by atoms with Crippen molar-refractivity contribution in [2.45, 2.75) is 13.0 Å². The average Bonchev–Trinajstić information content (AvgIpc) is 2.59. The average molecular weight is 337 g/mol. The van der Waals surface area contributed by atoms with E-state index in [1.807, 2.05) is 24.3 Å². The monoisotopic (exact) mass is 336 g/mol. The third-order valence-electron chi connectivity index (χ3n) is 4.14. The topological polar surface area (TPSA) is 39.8 Å². The Balaban J connectivity index is 1.54. The summed E-state index contributed by atoms with van der Waals surface area (Å²) in [5, 5.41) is 7.24. The first-order chi connectivity index (χ1) is 11.2. The number of likely N-dealkylation sites (N-methyl/N-ethyl adjacent to an activating group) is 1. The van der Waals surface area contributed by atoms with Gasteiger partial charge in [-0.25, -0.2) is 0 Å². The van der Waals surface area contributed by atoms with E-state index in [0.29, 0.717) is 0 Å². The van der Waals surface area contributed by atoms with Gasteiger partial charge in [0.25, 0.3) is 0 Å². The van der Waals surface area contributed by atoms with Gasteiger partial charge in [0.2, 0.25) is 0 Å². The quantitative estimate of drug-likeness (QED) is 0.578. The van der Waals surface area contributed by atoms with Crippen molar-refractivity contribution in [1.82, 2.24) is 20.4 Å². The number of piperazine rings is 1. The van der Waals surface area contributed by atoms with Crippen molar-refractivity contribution >= 4 is 17.3 Å². The van der Waals surface area contributed by atoms with Gasteiger partial charge in [0.05, 0.1) is 7.11 Å². The highest BCUT2D eigenvalue weighted by Crippen LogP contribution is 2.10. The van der Waals surface area contributed by atoms with Gasteiger partial charge < -0.3 is 25.2 Å². The lowest BCUT2D eigenvalue weighted by atomic mass is 10.2. The first-order valence-electron chi connectivity index (χ1n) is 8.23. The minimum atomic E-state index is 0.721. The molecule has 0 bridgehead atoms. The van der Waals surface area contributed by atoms with Gasteiger partial charge in [-0.05, 0) is 49.9 Å². The maximum absolute atomic E-state index is 5.32. The van der Waals surface area contributed by atoms with Crippen molar-refractivity contribution < 1.29 is 4.74 Å². The Labute approximate surface area is 145 Å². The number of hydrogen-bond acceptors (Lipinski definition) is 4. The van der Waals surface area contributed by atoms with Crippen LogP contribution >= 0.6 is 12.2 Å². The molecule has 1 aromatic rings. The summed E-state index contributed by atoms with van der Waals surface area (Å²) in [6.45, 7) is 7.49. The molecule has 5 nitrogen and oxygen atoms in total. The summed E-state index contributed by atoms with van der Waals surface area (Å²) in [6.07, 6.45) is 1.12. The third kappa shape index (κ3) is 6.72. The van der Waals surface area contributed by atoms with Gasteiger partial charge in [-0.3, -0.25) is 0 Å². The maximum Gasteiger partial charge on any atom is 0.166 e. The summed E-state index contributed by atoms with van der Waals surface area (Å²) >= 11 is 5.32. The molecule has 1 aromatic carbocycles. The van der Waals surface area contributed by atoms with Crippen LogP contribution in [0.1, 0.15) is 12.0 Å². The number of nitrogens with zero attached hydrogens (tertiary/aromatic N) is 2. The SMILES string of the molecule is COc1ccc(CNC(=S)NCCCN2CCN(C)CC2)cc1. The molecule has 128 valence electrons. The van der Waals surface area contributed by atoms with Gasteiger partial charge in [-0.2, -0.15) is 0 Å². The van der Waals surface area contributed by atoms with Crippen LogP contribution in [-0.2, 0) is 6.54 Å². The molecule has 1 heterocycles. The van der Waals surface area contributed by atoms with Crippen molar-refractivity contribution in [3.63, 3.8) is 0 Å². The fraction of sp³-hybridized carbons (Fsp3) is 0.588. The highest BCUT2D eigenvalue weighted by atomic mass is 32.1. The number of nitrogens with one attached hydrogen (secondary N) is 2. The number of hydrogen-bond donors (Lipinski definition) is 2. The molecule has 23 heavy (non-hydrogen) atoms. The summed E-state index contributed by atoms with van der Waals surface area (Å²) in [7, 11) is 3.86. The molecular weight excluding hydrogens is 308 g/mol. The maximum atomic E-state index is 5.32. The van der Waals surface area contributed by atoms with Crippen LogP contribution < -0.4 is 15.4 Å². The minimum absolute atomic E-state index is 0.721. The van der Waals surface area contributed by atoms with E-state index in [2.05, 4.69) is 27.5 Å². The van der Waals surface area contributed by atoms with Crippen LogP contribution in [0.2, 0.25) is 0 Å². The molecule has 0 radical (unpaired) electrons. The van der Waals surface area contributed by atoms with Crippen LogP contribution in [0.4, 0.5) is 0 Å². The Bertz CT molecular complexity index is 472. The Hall–Kier alpha value is -1.37. The second-order valence-electron chi connectivity index (χ2n) is 5.96. The molecule has 0 unspecified atom stereocenters. The number of ether oxygens (including phenoxy) is 1. The Morgan fingerprint density at radius 1 is 1.13 bits per heavy atom. The standard InChI is InChI=1S/C17H28N4OS/c1-20-10-12-21(13-11-20)9-3-8-18-17(23)19-14-15-4-6-16(22-2)7-5-15/h4-7H,3,8-14H2,1-2H3,(H2,18,19,23). The second-order valence-corrected chi connectivity index (χ2v) is 6.36. The van der Waals surface area contributed by atoms with Crippen LogP contribution in [0, 0.1) is 0 Å². The van der Waals surface area contributed by atoms with E-state index >= 15 is 0 Å². The van der Waals surface area contributed by atoms with Gasteiger partial charge in [0.1, 0.15) is 5.75 Å². The predicted octanol–water partition coefficient (Wildman–Crippen LogP) is 1.30. The van der Waals surface area contributed by atoms with E-state index in [-0.39, 0.29) is 0 Å². The van der Waals surface area contributed by atoms with Crippen molar-refractivity contribution in [1.29, 1.82) is 0 Å². The Kier molecular flexibility index (Phi) is 7.58. The van der Waals surface area contributed by atoms with Gasteiger partial charge in [-0.15, -0.1) is 0 Å². The van der Waals surface area contributed by atoms with Gasteiger partial charge in [-0.1, -0.05) is 12.1 Å². The van der Waals surface area contributed by atoms with Crippen molar-refractivity contribution in [2.75, 3.05) is 53.4 Å². The molecule has 0 spiro atoms. The Morgan fingerprint density at radius 2 is 1.83 bits per heavy atom. The summed E-state index contributed by atoms with van der Waals surface area (Å²) < 4.78 is 5.15. The number of methoxy groups -OCH3 is 1. The molecule has 1 aliphatic heterocycles. The zero-order valence-corrected chi connectivity index (χ0v) is 15.0. The van der Waals surface area contributed by atoms with Crippen LogP contribution in [0.5, 0.6) is 5.75 Å². The molecule has 0 amide bonds. The zero-order chi connectivity index (χ0) is 16.5. The lowest BCUT2D eigenvalue weighted by molar-refractivity contribution is 0.153. The Morgan fingerprint density at radius 3 is 2.48 bits per heavy atom. The van der Waals surface area contributed by atoms with E-state index < -0.39 is 0 Å². The fourth-order valence-corrected chi connectivity index (χ4v) is 2.74. The zero-order valence-electron chi connectivity index (χ0n) is 14.2. The normalized spacial score (nSPS) is 16.1. The van der Waals surface area contributed by atoms with Crippen LogP contribution in [-0.4, -0.2) is 68.3 Å². The van der Waals surface area contributed by atoms with E-state index in [4.69, 9.17) is 17.0 Å². The van der Waals surface area contributed by atoms with E-state index in [1.54, 1.807) is 7.11 Å². The molecule has 0 aliphatic carbocycles. The first kappa shape index (κ1) is 18.0. The largest absolute Gasteiger partial charge is 0.497 e. The van der Waals surface area contributed by atoms with E-state index in [1.165, 1.54) is 31.7 Å².